The molecule has 20 heavy (non-hydrogen) atoms. The Balaban J connectivity index is 4.09. The predicted octanol–water partition coefficient (Wildman–Crippen LogP) is 1.94. The van der Waals surface area contributed by atoms with E-state index in [1.165, 1.54) is 0 Å². The van der Waals surface area contributed by atoms with E-state index in [4.69, 9.17) is 9.84 Å². The van der Waals surface area contributed by atoms with Gasteiger partial charge in [-0.25, -0.2) is 4.79 Å². The van der Waals surface area contributed by atoms with Crippen molar-refractivity contribution in [3.63, 3.8) is 0 Å². The molecule has 0 bridgehead atoms. The minimum absolute atomic E-state index is 0.112. The molecular formula is C14H28N2O4. The normalized spacial score (nSPS) is 13.6. The van der Waals surface area contributed by atoms with E-state index in [2.05, 4.69) is 5.32 Å². The van der Waals surface area contributed by atoms with E-state index >= 15 is 0 Å². The van der Waals surface area contributed by atoms with Crippen molar-refractivity contribution in [1.29, 1.82) is 0 Å². The fourth-order valence-corrected chi connectivity index (χ4v) is 1.76. The lowest BCUT2D eigenvalue weighted by Crippen LogP contribution is -2.46. The summed E-state index contributed by atoms with van der Waals surface area (Å²) in [6, 6.07) is 0.0440. The zero-order valence-corrected chi connectivity index (χ0v) is 13.0. The van der Waals surface area contributed by atoms with Crippen LogP contribution in [0.25, 0.3) is 0 Å². The fraction of sp³-hybridized carbons (Fsp3) is 0.857. The Bertz CT molecular complexity index is 297. The fourth-order valence-electron chi connectivity index (χ4n) is 1.76. The summed E-state index contributed by atoms with van der Waals surface area (Å²) in [6.07, 6.45) is 2.11. The Kier molecular flexibility index (Phi) is 9.80. The summed E-state index contributed by atoms with van der Waals surface area (Å²) >= 11 is 0. The molecule has 0 aromatic heterocycles. The standard InChI is InChI=1S/C14H28N2O4/c1-5-12(3)16(9-10-20-4)14(19)15-8-6-7-11(2)13(17)18/h11-12H,5-10H2,1-4H3,(H,15,19)(H,17,18). The molecule has 0 saturated heterocycles. The molecule has 6 nitrogen and oxygen atoms in total. The highest BCUT2D eigenvalue weighted by molar-refractivity contribution is 5.74. The third-order valence-corrected chi connectivity index (χ3v) is 3.43. The lowest BCUT2D eigenvalue weighted by atomic mass is 10.1. The Morgan fingerprint density at radius 3 is 2.50 bits per heavy atom. The molecule has 0 spiro atoms. The molecule has 0 aromatic rings. The number of hydrogen-bond donors (Lipinski definition) is 2. The highest BCUT2D eigenvalue weighted by atomic mass is 16.5. The van der Waals surface area contributed by atoms with E-state index in [1.807, 2.05) is 13.8 Å². The number of hydrogen-bond acceptors (Lipinski definition) is 3. The van der Waals surface area contributed by atoms with Gasteiger partial charge in [-0.05, 0) is 26.2 Å². The van der Waals surface area contributed by atoms with Crippen molar-refractivity contribution in [3.8, 4) is 0 Å². The van der Waals surface area contributed by atoms with Crippen LogP contribution in [0, 0.1) is 5.92 Å². The van der Waals surface area contributed by atoms with Crippen LogP contribution in [0.15, 0.2) is 0 Å². The maximum Gasteiger partial charge on any atom is 0.317 e. The molecule has 6 heteroatoms. The molecule has 2 unspecified atom stereocenters. The van der Waals surface area contributed by atoms with Crippen molar-refractivity contribution in [2.24, 2.45) is 5.92 Å². The van der Waals surface area contributed by atoms with Crippen LogP contribution in [0.5, 0.6) is 0 Å². The number of amides is 2. The molecule has 2 amide bonds. The van der Waals surface area contributed by atoms with Crippen LogP contribution in [0.2, 0.25) is 0 Å². The van der Waals surface area contributed by atoms with E-state index < -0.39 is 5.97 Å². The van der Waals surface area contributed by atoms with E-state index in [0.29, 0.717) is 32.5 Å². The molecule has 0 rings (SSSR count). The van der Waals surface area contributed by atoms with Gasteiger partial charge >= 0.3 is 12.0 Å². The minimum Gasteiger partial charge on any atom is -0.481 e. The monoisotopic (exact) mass is 288 g/mol. The van der Waals surface area contributed by atoms with E-state index in [-0.39, 0.29) is 18.0 Å². The number of carboxylic acids is 1. The maximum absolute atomic E-state index is 12.1. The van der Waals surface area contributed by atoms with Gasteiger partial charge in [0.1, 0.15) is 0 Å². The first kappa shape index (κ1) is 18.7. The number of aliphatic carboxylic acids is 1. The molecule has 2 N–H and O–H groups in total. The van der Waals surface area contributed by atoms with Gasteiger partial charge in [-0.3, -0.25) is 4.79 Å². The topological polar surface area (TPSA) is 78.9 Å². The molecule has 0 aliphatic carbocycles. The third-order valence-electron chi connectivity index (χ3n) is 3.43. The predicted molar refractivity (Wildman–Crippen MR) is 77.8 cm³/mol. The molecule has 0 radical (unpaired) electrons. The van der Waals surface area contributed by atoms with Gasteiger partial charge in [-0.15, -0.1) is 0 Å². The molecule has 0 heterocycles. The van der Waals surface area contributed by atoms with Crippen LogP contribution in [0.1, 0.15) is 40.0 Å². The summed E-state index contributed by atoms with van der Waals surface area (Å²) in [5.74, 6) is -1.16. The van der Waals surface area contributed by atoms with Gasteiger partial charge in [0.2, 0.25) is 0 Å². The van der Waals surface area contributed by atoms with Gasteiger partial charge < -0.3 is 20.1 Å². The van der Waals surface area contributed by atoms with Crippen molar-refractivity contribution in [2.45, 2.75) is 46.1 Å². The Morgan fingerprint density at radius 2 is 2.00 bits per heavy atom. The molecule has 0 saturated carbocycles. The van der Waals surface area contributed by atoms with Gasteiger partial charge in [0, 0.05) is 26.2 Å². The van der Waals surface area contributed by atoms with Crippen LogP contribution < -0.4 is 5.32 Å². The molecule has 0 aliphatic heterocycles. The van der Waals surface area contributed by atoms with E-state index in [1.54, 1.807) is 18.9 Å². The largest absolute Gasteiger partial charge is 0.481 e. The number of nitrogens with zero attached hydrogens (tertiary/aromatic N) is 1. The maximum atomic E-state index is 12.1. The smallest absolute Gasteiger partial charge is 0.317 e. The summed E-state index contributed by atoms with van der Waals surface area (Å²) < 4.78 is 5.01. The van der Waals surface area contributed by atoms with Crippen LogP contribution in [0.3, 0.4) is 0 Å². The van der Waals surface area contributed by atoms with Gasteiger partial charge in [-0.1, -0.05) is 13.8 Å². The van der Waals surface area contributed by atoms with Crippen molar-refractivity contribution in [1.82, 2.24) is 10.2 Å². The average Bonchev–Trinajstić information content (AvgIpc) is 2.43. The first-order chi connectivity index (χ1) is 9.43. The van der Waals surface area contributed by atoms with Crippen LogP contribution >= 0.6 is 0 Å². The van der Waals surface area contributed by atoms with Gasteiger partial charge in [0.25, 0.3) is 0 Å². The van der Waals surface area contributed by atoms with Crippen LogP contribution in [0.4, 0.5) is 4.79 Å². The third kappa shape index (κ3) is 7.33. The lowest BCUT2D eigenvalue weighted by Gasteiger charge is -2.28. The number of urea groups is 1. The number of ether oxygens (including phenoxy) is 1. The first-order valence-corrected chi connectivity index (χ1v) is 7.20. The van der Waals surface area contributed by atoms with Crippen molar-refractivity contribution >= 4 is 12.0 Å². The zero-order valence-electron chi connectivity index (χ0n) is 13.0. The average molecular weight is 288 g/mol. The first-order valence-electron chi connectivity index (χ1n) is 7.20. The molecule has 2 atom stereocenters. The molecular weight excluding hydrogens is 260 g/mol. The van der Waals surface area contributed by atoms with Crippen LogP contribution in [-0.2, 0) is 9.53 Å². The van der Waals surface area contributed by atoms with Gasteiger partial charge in [0.05, 0.1) is 12.5 Å². The summed E-state index contributed by atoms with van der Waals surface area (Å²) in [7, 11) is 1.61. The summed E-state index contributed by atoms with van der Waals surface area (Å²) in [5.41, 5.74) is 0. The number of carbonyl (C=O) groups excluding carboxylic acids is 1. The molecule has 0 aromatic carbocycles. The molecule has 0 aliphatic rings. The van der Waals surface area contributed by atoms with Gasteiger partial charge in [-0.2, -0.15) is 0 Å². The number of carbonyl (C=O) groups is 2. The molecule has 0 fully saturated rings. The highest BCUT2D eigenvalue weighted by Crippen LogP contribution is 2.06. The Labute approximate surface area is 121 Å². The number of nitrogens with one attached hydrogen (secondary N) is 1. The van der Waals surface area contributed by atoms with Crippen molar-refractivity contribution in [3.05, 3.63) is 0 Å². The van der Waals surface area contributed by atoms with E-state index in [9.17, 15) is 9.59 Å². The number of methoxy groups -OCH3 is 1. The number of rotatable bonds is 10. The quantitative estimate of drug-likeness (QED) is 0.602. The Morgan fingerprint density at radius 1 is 1.35 bits per heavy atom. The second-order valence-electron chi connectivity index (χ2n) is 5.06. The summed E-state index contributed by atoms with van der Waals surface area (Å²) in [5, 5.41) is 11.6. The Hall–Kier alpha value is -1.30. The molecule has 118 valence electrons. The SMILES string of the molecule is CCC(C)N(CCOC)C(=O)NCCCC(C)C(=O)O. The van der Waals surface area contributed by atoms with Gasteiger partial charge in [0.15, 0.2) is 0 Å². The van der Waals surface area contributed by atoms with Crippen molar-refractivity contribution in [2.75, 3.05) is 26.8 Å². The summed E-state index contributed by atoms with van der Waals surface area (Å²) in [4.78, 5) is 24.5. The van der Waals surface area contributed by atoms with Crippen LogP contribution in [-0.4, -0.2) is 54.9 Å². The minimum atomic E-state index is -0.794. The second kappa shape index (κ2) is 10.5. The lowest BCUT2D eigenvalue weighted by molar-refractivity contribution is -0.141. The highest BCUT2D eigenvalue weighted by Gasteiger charge is 2.18. The van der Waals surface area contributed by atoms with Crippen molar-refractivity contribution < 1.29 is 19.4 Å². The second-order valence-corrected chi connectivity index (χ2v) is 5.06. The van der Waals surface area contributed by atoms with E-state index in [0.717, 1.165) is 6.42 Å². The summed E-state index contributed by atoms with van der Waals surface area (Å²) in [6.45, 7) is 7.27. The zero-order chi connectivity index (χ0) is 15.5. The number of carboxylic acid groups (broad SMARTS) is 1.